The number of aliphatic hydroxyl groups is 2. The summed E-state index contributed by atoms with van der Waals surface area (Å²) in [5.74, 6) is -3.58. The Kier molecular flexibility index (Phi) is 11.4. The highest BCUT2D eigenvalue weighted by atomic mass is 16.6. The summed E-state index contributed by atoms with van der Waals surface area (Å²) in [5, 5.41) is 24.3. The van der Waals surface area contributed by atoms with Crippen molar-refractivity contribution >= 4 is 23.6 Å². The van der Waals surface area contributed by atoms with Crippen LogP contribution in [-0.2, 0) is 28.6 Å². The van der Waals surface area contributed by atoms with E-state index in [2.05, 4.69) is 5.32 Å². The fourth-order valence-electron chi connectivity index (χ4n) is 4.57. The van der Waals surface area contributed by atoms with Gasteiger partial charge in [-0.25, -0.2) is 4.79 Å². The number of aliphatic hydroxyl groups excluding tert-OH is 2. The van der Waals surface area contributed by atoms with Gasteiger partial charge in [0, 0.05) is 37.4 Å². The number of nitrogens with two attached hydrogens (primary N) is 1. The summed E-state index contributed by atoms with van der Waals surface area (Å²) in [7, 11) is 2.86. The summed E-state index contributed by atoms with van der Waals surface area (Å²) >= 11 is 0. The third-order valence-corrected chi connectivity index (χ3v) is 6.77. The van der Waals surface area contributed by atoms with Crippen molar-refractivity contribution in [2.45, 2.75) is 65.0 Å². The molecule has 0 aromatic rings. The Hall–Kier alpha value is -3.54. The van der Waals surface area contributed by atoms with Gasteiger partial charge in [0.15, 0.2) is 6.10 Å². The van der Waals surface area contributed by atoms with Crippen LogP contribution in [0.5, 0.6) is 0 Å². The minimum Gasteiger partial charge on any atom is -0.505 e. The number of allylic oxidation sites excluding steroid dienone is 4. The molecule has 2 rings (SSSR count). The zero-order valence-electron chi connectivity index (χ0n) is 23.1. The lowest BCUT2D eigenvalue weighted by Crippen LogP contribution is -2.37. The van der Waals surface area contributed by atoms with Crippen molar-refractivity contribution in [1.29, 1.82) is 0 Å². The SMILES string of the molecule is COC1/C=C/C=C(/C)C(=O)NC2=CC(=O)C(=O)C(=C2O)CC(C)CC(OC)C(O)C(C)/C=C(\C)C1OC(N)=O. The van der Waals surface area contributed by atoms with E-state index in [0.29, 0.717) is 5.57 Å². The third kappa shape index (κ3) is 8.22. The van der Waals surface area contributed by atoms with E-state index in [4.69, 9.17) is 19.9 Å². The molecule has 39 heavy (non-hydrogen) atoms. The zero-order chi connectivity index (χ0) is 29.4. The van der Waals surface area contributed by atoms with Gasteiger partial charge in [0.25, 0.3) is 5.91 Å². The summed E-state index contributed by atoms with van der Waals surface area (Å²) in [6, 6.07) is 0. The van der Waals surface area contributed by atoms with Gasteiger partial charge in [-0.1, -0.05) is 38.2 Å². The van der Waals surface area contributed by atoms with Gasteiger partial charge in [0.05, 0.1) is 17.9 Å². The highest BCUT2D eigenvalue weighted by Gasteiger charge is 2.33. The Bertz CT molecular complexity index is 1130. The first-order valence-electron chi connectivity index (χ1n) is 12.6. The molecule has 0 aromatic carbocycles. The molecule has 11 nitrogen and oxygen atoms in total. The number of amides is 2. The molecular formula is C28H38N2O9. The van der Waals surface area contributed by atoms with Crippen LogP contribution in [0.2, 0.25) is 0 Å². The van der Waals surface area contributed by atoms with E-state index in [1.54, 1.807) is 32.9 Å². The van der Waals surface area contributed by atoms with E-state index in [1.807, 2.05) is 0 Å². The highest BCUT2D eigenvalue weighted by molar-refractivity contribution is 6.48. The molecule has 214 valence electrons. The standard InChI is InChI=1S/C28H38N2O9/c1-14-10-18-24(33)19(13-20(31)25(18)34)30-27(35)15(2)8-7-9-21(37-5)26(39-28(29)36)17(4)12-16(3)23(32)22(11-14)38-6/h7-9,12-14,16,21-23,26,32-33H,10-11H2,1-6H3,(H2,29,36)(H,30,35)/b9-7+,15-8-,17-12+. The normalized spacial score (nSPS) is 33.3. The van der Waals surface area contributed by atoms with Gasteiger partial charge in [-0.2, -0.15) is 0 Å². The van der Waals surface area contributed by atoms with Gasteiger partial charge in [-0.3, -0.25) is 14.4 Å². The van der Waals surface area contributed by atoms with E-state index in [0.717, 1.165) is 6.08 Å². The molecule has 6 atom stereocenters. The third-order valence-electron chi connectivity index (χ3n) is 6.77. The highest BCUT2D eigenvalue weighted by Crippen LogP contribution is 2.29. The van der Waals surface area contributed by atoms with Crippen molar-refractivity contribution in [1.82, 2.24) is 5.32 Å². The number of carbonyl (C=O) groups is 4. The second-order valence-corrected chi connectivity index (χ2v) is 9.90. The number of rotatable bonds is 3. The summed E-state index contributed by atoms with van der Waals surface area (Å²) in [5.41, 5.74) is 5.79. The minimum atomic E-state index is -1.01. The van der Waals surface area contributed by atoms with Crippen LogP contribution in [0.4, 0.5) is 4.79 Å². The van der Waals surface area contributed by atoms with E-state index < -0.39 is 59.7 Å². The van der Waals surface area contributed by atoms with Gasteiger partial charge < -0.3 is 35.5 Å². The molecule has 0 spiro atoms. The van der Waals surface area contributed by atoms with Crippen LogP contribution in [0.3, 0.4) is 0 Å². The number of primary amides is 1. The van der Waals surface area contributed by atoms with Crippen LogP contribution in [0.25, 0.3) is 0 Å². The number of hydrogen-bond donors (Lipinski definition) is 4. The molecule has 1 aliphatic heterocycles. The van der Waals surface area contributed by atoms with Gasteiger partial charge >= 0.3 is 6.09 Å². The average Bonchev–Trinajstić information content (AvgIpc) is 2.88. The van der Waals surface area contributed by atoms with E-state index in [-0.39, 0.29) is 35.6 Å². The molecule has 0 saturated carbocycles. The molecule has 0 fully saturated rings. The maximum Gasteiger partial charge on any atom is 0.405 e. The molecule has 0 radical (unpaired) electrons. The van der Waals surface area contributed by atoms with Crippen molar-refractivity contribution in [3.63, 3.8) is 0 Å². The lowest BCUT2D eigenvalue weighted by molar-refractivity contribution is -0.132. The van der Waals surface area contributed by atoms with Gasteiger partial charge in [0.1, 0.15) is 11.9 Å². The molecule has 2 aliphatic rings. The topological polar surface area (TPSA) is 174 Å². The molecule has 6 unspecified atom stereocenters. The number of carbonyl (C=O) groups excluding carboxylic acids is 4. The maximum absolute atomic E-state index is 12.8. The van der Waals surface area contributed by atoms with E-state index >= 15 is 0 Å². The predicted molar refractivity (Wildman–Crippen MR) is 142 cm³/mol. The number of nitrogens with one attached hydrogen (secondary N) is 1. The van der Waals surface area contributed by atoms with Crippen LogP contribution in [-0.4, -0.2) is 72.4 Å². The first kappa shape index (κ1) is 31.7. The number of hydrogen-bond acceptors (Lipinski definition) is 9. The monoisotopic (exact) mass is 546 g/mol. The van der Waals surface area contributed by atoms with E-state index in [1.165, 1.54) is 33.3 Å². The van der Waals surface area contributed by atoms with Crippen LogP contribution in [0, 0.1) is 11.8 Å². The molecule has 2 bridgehead atoms. The number of ether oxygens (including phenoxy) is 3. The average molecular weight is 547 g/mol. The van der Waals surface area contributed by atoms with Crippen LogP contribution >= 0.6 is 0 Å². The molecule has 11 heteroatoms. The lowest BCUT2D eigenvalue weighted by atomic mass is 9.85. The van der Waals surface area contributed by atoms with Crippen LogP contribution in [0.15, 0.2) is 58.6 Å². The molecule has 1 aliphatic carbocycles. The fraction of sp³-hybridized carbons (Fsp3) is 0.500. The number of ketones is 2. The zero-order valence-corrected chi connectivity index (χ0v) is 23.1. The van der Waals surface area contributed by atoms with Crippen LogP contribution in [0.1, 0.15) is 40.5 Å². The van der Waals surface area contributed by atoms with Crippen LogP contribution < -0.4 is 11.1 Å². The summed E-state index contributed by atoms with van der Waals surface area (Å²) in [6.07, 6.45) is 3.07. The Morgan fingerprint density at radius 2 is 1.79 bits per heavy atom. The molecule has 2 amide bonds. The Morgan fingerprint density at radius 1 is 1.13 bits per heavy atom. The first-order chi connectivity index (χ1) is 18.3. The molecule has 5 N–H and O–H groups in total. The lowest BCUT2D eigenvalue weighted by Gasteiger charge is -2.29. The van der Waals surface area contributed by atoms with Crippen molar-refractivity contribution in [3.8, 4) is 0 Å². The number of Topliss-reactive ketones (excluding diaryl/α,β-unsaturated/α-hetero) is 1. The van der Waals surface area contributed by atoms with E-state index in [9.17, 15) is 29.4 Å². The quantitative estimate of drug-likeness (QED) is 0.235. The number of methoxy groups -OCH3 is 2. The van der Waals surface area contributed by atoms with Crippen molar-refractivity contribution in [3.05, 3.63) is 58.6 Å². The first-order valence-corrected chi connectivity index (χ1v) is 12.6. The summed E-state index contributed by atoms with van der Waals surface area (Å²) in [4.78, 5) is 49.4. The van der Waals surface area contributed by atoms with Gasteiger partial charge in [-0.05, 0) is 38.2 Å². The Morgan fingerprint density at radius 3 is 2.38 bits per heavy atom. The predicted octanol–water partition coefficient (Wildman–Crippen LogP) is 2.32. The van der Waals surface area contributed by atoms with Gasteiger partial charge in [0.2, 0.25) is 11.6 Å². The van der Waals surface area contributed by atoms with Crippen molar-refractivity contribution in [2.24, 2.45) is 17.6 Å². The van der Waals surface area contributed by atoms with Gasteiger partial charge in [-0.15, -0.1) is 0 Å². The summed E-state index contributed by atoms with van der Waals surface area (Å²) < 4.78 is 16.4. The molecule has 1 heterocycles. The minimum absolute atomic E-state index is 0.0149. The maximum atomic E-state index is 12.8. The fourth-order valence-corrected chi connectivity index (χ4v) is 4.57. The van der Waals surface area contributed by atoms with Crippen molar-refractivity contribution in [2.75, 3.05) is 14.2 Å². The van der Waals surface area contributed by atoms with Crippen molar-refractivity contribution < 1.29 is 43.6 Å². The Balaban J connectivity index is 2.59. The number of fused-ring (bicyclic) bond motifs is 1. The Labute approximate surface area is 228 Å². The second-order valence-electron chi connectivity index (χ2n) is 9.90. The molecule has 0 aromatic heterocycles. The molecular weight excluding hydrogens is 508 g/mol. The summed E-state index contributed by atoms with van der Waals surface area (Å²) in [6.45, 7) is 6.79. The molecule has 0 saturated heterocycles. The largest absolute Gasteiger partial charge is 0.505 e. The smallest absolute Gasteiger partial charge is 0.405 e. The second kappa shape index (κ2) is 14.0.